The van der Waals surface area contributed by atoms with Gasteiger partial charge in [0.05, 0.1) is 9.92 Å². The number of hydrogen-bond acceptors (Lipinski definition) is 2. The first-order valence-electron chi connectivity index (χ1n) is 6.00. The zero-order valence-electron chi connectivity index (χ0n) is 10.1. The molecule has 1 aromatic rings. The molecule has 106 valence electrons. The van der Waals surface area contributed by atoms with E-state index in [1.165, 1.54) is 12.1 Å². The standard InChI is InChI=1S/C12H14Br2ClNO2S/c13-8-1-3-9(4-2-8)16-19(17,18)10-5-6-12(15)11(14)7-10/h5-9,16H,1-4H2. The summed E-state index contributed by atoms with van der Waals surface area (Å²) >= 11 is 12.7. The molecule has 0 spiro atoms. The summed E-state index contributed by atoms with van der Waals surface area (Å²) in [6.45, 7) is 0. The fourth-order valence-electron chi connectivity index (χ4n) is 2.10. The lowest BCUT2D eigenvalue weighted by Crippen LogP contribution is -2.37. The molecule has 19 heavy (non-hydrogen) atoms. The van der Waals surface area contributed by atoms with E-state index in [0.29, 0.717) is 14.3 Å². The van der Waals surface area contributed by atoms with Crippen LogP contribution in [0, 0.1) is 0 Å². The minimum Gasteiger partial charge on any atom is -0.208 e. The molecule has 7 heteroatoms. The Kier molecular flexibility index (Phi) is 5.34. The lowest BCUT2D eigenvalue weighted by Gasteiger charge is -2.25. The molecule has 0 bridgehead atoms. The van der Waals surface area contributed by atoms with Crippen LogP contribution < -0.4 is 4.72 Å². The van der Waals surface area contributed by atoms with Crippen molar-refractivity contribution in [3.8, 4) is 0 Å². The molecule has 1 N–H and O–H groups in total. The molecular weight excluding hydrogens is 417 g/mol. The molecule has 0 atom stereocenters. The van der Waals surface area contributed by atoms with E-state index in [2.05, 4.69) is 36.6 Å². The van der Waals surface area contributed by atoms with Gasteiger partial charge in [0.2, 0.25) is 10.0 Å². The van der Waals surface area contributed by atoms with Gasteiger partial charge in [0.15, 0.2) is 0 Å². The first kappa shape index (κ1) is 15.8. The van der Waals surface area contributed by atoms with E-state index in [-0.39, 0.29) is 10.9 Å². The van der Waals surface area contributed by atoms with Crippen LogP contribution in [0.5, 0.6) is 0 Å². The van der Waals surface area contributed by atoms with Crippen LogP contribution in [-0.4, -0.2) is 19.3 Å². The average Bonchev–Trinajstić information content (AvgIpc) is 2.35. The molecule has 3 nitrogen and oxygen atoms in total. The summed E-state index contributed by atoms with van der Waals surface area (Å²) in [7, 11) is -3.47. The molecule has 0 aromatic heterocycles. The molecule has 0 saturated heterocycles. The number of halogens is 3. The van der Waals surface area contributed by atoms with E-state index in [9.17, 15) is 8.42 Å². The van der Waals surface area contributed by atoms with Crippen LogP contribution in [0.1, 0.15) is 25.7 Å². The smallest absolute Gasteiger partial charge is 0.208 e. The Morgan fingerprint density at radius 1 is 1.21 bits per heavy atom. The maximum Gasteiger partial charge on any atom is 0.240 e. The average molecular weight is 432 g/mol. The highest BCUT2D eigenvalue weighted by molar-refractivity contribution is 9.10. The van der Waals surface area contributed by atoms with Crippen molar-refractivity contribution in [3.05, 3.63) is 27.7 Å². The Hall–Kier alpha value is 0.380. The summed E-state index contributed by atoms with van der Waals surface area (Å²) < 4.78 is 27.9. The van der Waals surface area contributed by atoms with E-state index in [1.54, 1.807) is 6.07 Å². The lowest BCUT2D eigenvalue weighted by atomic mass is 9.96. The first-order valence-corrected chi connectivity index (χ1v) is 9.57. The predicted octanol–water partition coefficient (Wildman–Crippen LogP) is 4.09. The van der Waals surface area contributed by atoms with Crippen molar-refractivity contribution in [1.82, 2.24) is 4.72 Å². The van der Waals surface area contributed by atoms with Crippen molar-refractivity contribution in [2.24, 2.45) is 0 Å². The largest absolute Gasteiger partial charge is 0.240 e. The van der Waals surface area contributed by atoms with Crippen LogP contribution >= 0.6 is 43.5 Å². The maximum absolute atomic E-state index is 12.3. The summed E-state index contributed by atoms with van der Waals surface area (Å²) in [5.74, 6) is 0. The fraction of sp³-hybridized carbons (Fsp3) is 0.500. The molecule has 1 aliphatic carbocycles. The zero-order valence-corrected chi connectivity index (χ0v) is 14.8. The fourth-order valence-corrected chi connectivity index (χ4v) is 4.61. The van der Waals surface area contributed by atoms with Crippen LogP contribution in [0.25, 0.3) is 0 Å². The van der Waals surface area contributed by atoms with Crippen LogP contribution in [0.3, 0.4) is 0 Å². The Morgan fingerprint density at radius 3 is 2.42 bits per heavy atom. The molecule has 0 unspecified atom stereocenters. The van der Waals surface area contributed by atoms with E-state index < -0.39 is 10.0 Å². The van der Waals surface area contributed by atoms with Gasteiger partial charge in [0, 0.05) is 15.3 Å². The summed E-state index contributed by atoms with van der Waals surface area (Å²) in [4.78, 5) is 0.752. The van der Waals surface area contributed by atoms with Gasteiger partial charge < -0.3 is 0 Å². The van der Waals surface area contributed by atoms with E-state index >= 15 is 0 Å². The molecule has 0 radical (unpaired) electrons. The van der Waals surface area contributed by atoms with Gasteiger partial charge in [0.1, 0.15) is 0 Å². The van der Waals surface area contributed by atoms with Crippen molar-refractivity contribution in [2.45, 2.75) is 41.4 Å². The minimum absolute atomic E-state index is 0.0215. The highest BCUT2D eigenvalue weighted by atomic mass is 79.9. The number of rotatable bonds is 3. The van der Waals surface area contributed by atoms with E-state index in [4.69, 9.17) is 11.6 Å². The quantitative estimate of drug-likeness (QED) is 0.733. The van der Waals surface area contributed by atoms with Crippen molar-refractivity contribution < 1.29 is 8.42 Å². The molecular formula is C12H14Br2ClNO2S. The second kappa shape index (κ2) is 6.43. The van der Waals surface area contributed by atoms with Gasteiger partial charge in [-0.05, 0) is 59.8 Å². The topological polar surface area (TPSA) is 46.2 Å². The highest BCUT2D eigenvalue weighted by Crippen LogP contribution is 2.27. The predicted molar refractivity (Wildman–Crippen MR) is 84.4 cm³/mol. The van der Waals surface area contributed by atoms with Gasteiger partial charge in [-0.1, -0.05) is 27.5 Å². The van der Waals surface area contributed by atoms with Crippen LogP contribution in [0.2, 0.25) is 5.02 Å². The monoisotopic (exact) mass is 429 g/mol. The van der Waals surface area contributed by atoms with Crippen LogP contribution in [-0.2, 0) is 10.0 Å². The summed E-state index contributed by atoms with van der Waals surface area (Å²) in [5.41, 5.74) is 0. The molecule has 1 fully saturated rings. The molecule has 0 aliphatic heterocycles. The maximum atomic E-state index is 12.3. The van der Waals surface area contributed by atoms with Crippen molar-refractivity contribution >= 4 is 53.5 Å². The number of hydrogen-bond donors (Lipinski definition) is 1. The van der Waals surface area contributed by atoms with Gasteiger partial charge in [0.25, 0.3) is 0 Å². The normalized spacial score (nSPS) is 24.4. The zero-order chi connectivity index (χ0) is 14.0. The number of alkyl halides is 1. The Bertz CT molecular complexity index is 557. The van der Waals surface area contributed by atoms with Crippen LogP contribution in [0.15, 0.2) is 27.6 Å². The third-order valence-electron chi connectivity index (χ3n) is 3.18. The second-order valence-electron chi connectivity index (χ2n) is 4.65. The summed E-state index contributed by atoms with van der Waals surface area (Å²) in [6.07, 6.45) is 3.73. The van der Waals surface area contributed by atoms with Gasteiger partial charge in [-0.25, -0.2) is 13.1 Å². The summed E-state index contributed by atoms with van der Waals surface area (Å²) in [5, 5.41) is 0.499. The Balaban J connectivity index is 2.11. The number of sulfonamides is 1. The number of benzene rings is 1. The van der Waals surface area contributed by atoms with E-state index in [0.717, 1.165) is 25.7 Å². The van der Waals surface area contributed by atoms with Gasteiger partial charge >= 0.3 is 0 Å². The van der Waals surface area contributed by atoms with Gasteiger partial charge in [-0.15, -0.1) is 0 Å². The number of nitrogens with one attached hydrogen (secondary N) is 1. The molecule has 2 rings (SSSR count). The molecule has 0 heterocycles. The van der Waals surface area contributed by atoms with E-state index in [1.807, 2.05) is 0 Å². The van der Waals surface area contributed by atoms with Gasteiger partial charge in [-0.3, -0.25) is 0 Å². The molecule has 0 amide bonds. The van der Waals surface area contributed by atoms with Crippen LogP contribution in [0.4, 0.5) is 0 Å². The summed E-state index contributed by atoms with van der Waals surface area (Å²) in [6, 6.07) is 4.65. The third kappa shape index (κ3) is 4.17. The molecule has 1 aromatic carbocycles. The Labute approximate surface area is 135 Å². The lowest BCUT2D eigenvalue weighted by molar-refractivity contribution is 0.422. The SMILES string of the molecule is O=S(=O)(NC1CCC(Br)CC1)c1ccc(Cl)c(Br)c1. The minimum atomic E-state index is -3.47. The second-order valence-corrected chi connectivity index (χ2v) is 8.92. The highest BCUT2D eigenvalue weighted by Gasteiger charge is 2.24. The molecule has 1 saturated carbocycles. The molecule has 1 aliphatic rings. The Morgan fingerprint density at radius 2 is 1.84 bits per heavy atom. The first-order chi connectivity index (χ1) is 8.88. The van der Waals surface area contributed by atoms with Gasteiger partial charge in [-0.2, -0.15) is 0 Å². The third-order valence-corrected chi connectivity index (χ3v) is 6.83. The van der Waals surface area contributed by atoms with Crippen molar-refractivity contribution in [3.63, 3.8) is 0 Å². The van der Waals surface area contributed by atoms with Crippen molar-refractivity contribution in [1.29, 1.82) is 0 Å². The van der Waals surface area contributed by atoms with Crippen molar-refractivity contribution in [2.75, 3.05) is 0 Å².